The number of carbonyl (C=O) groups is 2. The highest BCUT2D eigenvalue weighted by Gasteiger charge is 2.27. The highest BCUT2D eigenvalue weighted by molar-refractivity contribution is 6.04. The summed E-state index contributed by atoms with van der Waals surface area (Å²) in [5.41, 5.74) is 5.56. The van der Waals surface area contributed by atoms with Crippen molar-refractivity contribution in [2.24, 2.45) is 0 Å². The minimum Gasteiger partial charge on any atom is -0.322 e. The van der Waals surface area contributed by atoms with Gasteiger partial charge in [-0.25, -0.2) is 4.79 Å². The third kappa shape index (κ3) is 4.94. The quantitative estimate of drug-likeness (QED) is 0.610. The highest BCUT2D eigenvalue weighted by Crippen LogP contribution is 2.23. The number of anilines is 2. The molecule has 0 saturated carbocycles. The monoisotopic (exact) mass is 413 g/mol. The molecule has 0 spiro atoms. The third-order valence-corrected chi connectivity index (χ3v) is 5.48. The standard InChI is InChI=1S/C26H27N3O2/c1-19-6-3-8-21(16-19)18-28-14-5-15-29(26(28)31)24-12-10-22(11-13-24)25(30)27-23-9-4-7-20(2)17-23/h3-4,6-13,16-17H,5,14-15,18H2,1-2H3,(H,27,30). The zero-order chi connectivity index (χ0) is 21.8. The Kier molecular flexibility index (Phi) is 6.03. The van der Waals surface area contributed by atoms with Gasteiger partial charge in [-0.1, -0.05) is 42.0 Å². The zero-order valence-electron chi connectivity index (χ0n) is 18.0. The summed E-state index contributed by atoms with van der Waals surface area (Å²) in [6, 6.07) is 23.2. The molecule has 0 unspecified atom stereocenters. The van der Waals surface area contributed by atoms with Gasteiger partial charge in [0.25, 0.3) is 5.91 Å². The predicted octanol–water partition coefficient (Wildman–Crippen LogP) is 5.39. The molecule has 3 amide bonds. The molecule has 5 heteroatoms. The highest BCUT2D eigenvalue weighted by atomic mass is 16.2. The van der Waals surface area contributed by atoms with Gasteiger partial charge in [0, 0.05) is 36.6 Å². The second-order valence-electron chi connectivity index (χ2n) is 8.07. The van der Waals surface area contributed by atoms with Crippen molar-refractivity contribution in [1.29, 1.82) is 0 Å². The van der Waals surface area contributed by atoms with E-state index in [1.165, 1.54) is 5.56 Å². The van der Waals surface area contributed by atoms with Crippen LogP contribution in [0, 0.1) is 13.8 Å². The van der Waals surface area contributed by atoms with Crippen molar-refractivity contribution in [1.82, 2.24) is 4.90 Å². The number of hydrogen-bond acceptors (Lipinski definition) is 2. The Hall–Kier alpha value is -3.60. The van der Waals surface area contributed by atoms with Crippen LogP contribution in [0.3, 0.4) is 0 Å². The van der Waals surface area contributed by atoms with Crippen LogP contribution in [-0.2, 0) is 6.54 Å². The maximum Gasteiger partial charge on any atom is 0.324 e. The van der Waals surface area contributed by atoms with Crippen molar-refractivity contribution < 1.29 is 9.59 Å². The molecule has 158 valence electrons. The summed E-state index contributed by atoms with van der Waals surface area (Å²) in [4.78, 5) is 29.3. The average molecular weight is 414 g/mol. The van der Waals surface area contributed by atoms with Gasteiger partial charge >= 0.3 is 6.03 Å². The molecule has 4 rings (SSSR count). The van der Waals surface area contributed by atoms with Gasteiger partial charge in [-0.05, 0) is 67.8 Å². The van der Waals surface area contributed by atoms with Gasteiger partial charge in [-0.3, -0.25) is 9.69 Å². The van der Waals surface area contributed by atoms with Crippen LogP contribution < -0.4 is 10.2 Å². The van der Waals surface area contributed by atoms with Crippen molar-refractivity contribution in [3.63, 3.8) is 0 Å². The van der Waals surface area contributed by atoms with E-state index < -0.39 is 0 Å². The van der Waals surface area contributed by atoms with Crippen LogP contribution in [0.5, 0.6) is 0 Å². The molecule has 1 N–H and O–H groups in total. The molecular formula is C26H27N3O2. The fourth-order valence-electron chi connectivity index (χ4n) is 3.92. The second-order valence-corrected chi connectivity index (χ2v) is 8.07. The molecule has 3 aromatic carbocycles. The summed E-state index contributed by atoms with van der Waals surface area (Å²) in [6.45, 7) is 6.08. The van der Waals surface area contributed by atoms with E-state index in [0.29, 0.717) is 18.7 Å². The van der Waals surface area contributed by atoms with Gasteiger partial charge in [-0.15, -0.1) is 0 Å². The summed E-state index contributed by atoms with van der Waals surface area (Å²) in [5, 5.41) is 2.92. The molecule has 1 fully saturated rings. The van der Waals surface area contributed by atoms with Crippen LogP contribution in [-0.4, -0.2) is 29.9 Å². The van der Waals surface area contributed by atoms with Crippen molar-refractivity contribution in [2.45, 2.75) is 26.8 Å². The lowest BCUT2D eigenvalue weighted by Gasteiger charge is -2.35. The maximum atomic E-state index is 13.1. The number of hydrogen-bond donors (Lipinski definition) is 1. The summed E-state index contributed by atoms with van der Waals surface area (Å²) in [7, 11) is 0. The van der Waals surface area contributed by atoms with Crippen molar-refractivity contribution in [3.05, 3.63) is 95.1 Å². The number of amides is 3. The first-order chi connectivity index (χ1) is 15.0. The molecule has 1 aliphatic heterocycles. The summed E-state index contributed by atoms with van der Waals surface area (Å²) >= 11 is 0. The minimum absolute atomic E-state index is 0.00437. The molecule has 0 aliphatic carbocycles. The van der Waals surface area contributed by atoms with E-state index >= 15 is 0 Å². The first-order valence-corrected chi connectivity index (χ1v) is 10.6. The normalized spacial score (nSPS) is 13.9. The number of benzene rings is 3. The smallest absolute Gasteiger partial charge is 0.322 e. The Bertz CT molecular complexity index is 1090. The number of nitrogens with one attached hydrogen (secondary N) is 1. The van der Waals surface area contributed by atoms with Crippen LogP contribution in [0.15, 0.2) is 72.8 Å². The number of urea groups is 1. The van der Waals surface area contributed by atoms with E-state index in [2.05, 4.69) is 30.4 Å². The predicted molar refractivity (Wildman–Crippen MR) is 125 cm³/mol. The van der Waals surface area contributed by atoms with Crippen LogP contribution >= 0.6 is 0 Å². The van der Waals surface area contributed by atoms with E-state index in [9.17, 15) is 9.59 Å². The van der Waals surface area contributed by atoms with E-state index in [4.69, 9.17) is 0 Å². The lowest BCUT2D eigenvalue weighted by atomic mass is 10.1. The first kappa shape index (κ1) is 20.7. The summed E-state index contributed by atoms with van der Waals surface area (Å²) in [6.07, 6.45) is 0.910. The van der Waals surface area contributed by atoms with Gasteiger partial charge in [0.1, 0.15) is 0 Å². The molecule has 0 aromatic heterocycles. The summed E-state index contributed by atoms with van der Waals surface area (Å²) < 4.78 is 0. The Labute approximate surface area is 183 Å². The third-order valence-electron chi connectivity index (χ3n) is 5.48. The molecule has 3 aromatic rings. The molecule has 5 nitrogen and oxygen atoms in total. The van der Waals surface area contributed by atoms with E-state index in [0.717, 1.165) is 35.5 Å². The topological polar surface area (TPSA) is 52.6 Å². The number of nitrogens with zero attached hydrogens (tertiary/aromatic N) is 2. The van der Waals surface area contributed by atoms with Crippen molar-refractivity contribution in [3.8, 4) is 0 Å². The van der Waals surface area contributed by atoms with E-state index in [1.807, 2.05) is 54.3 Å². The van der Waals surface area contributed by atoms with Gasteiger partial charge in [0.05, 0.1) is 0 Å². The number of rotatable bonds is 5. The lowest BCUT2D eigenvalue weighted by Crippen LogP contribution is -2.49. The fourth-order valence-corrected chi connectivity index (χ4v) is 3.92. The van der Waals surface area contributed by atoms with Crippen LogP contribution in [0.4, 0.5) is 16.2 Å². The molecule has 0 atom stereocenters. The largest absolute Gasteiger partial charge is 0.324 e. The van der Waals surface area contributed by atoms with Gasteiger partial charge in [0.15, 0.2) is 0 Å². The van der Waals surface area contributed by atoms with Crippen molar-refractivity contribution >= 4 is 23.3 Å². The van der Waals surface area contributed by atoms with Gasteiger partial charge < -0.3 is 10.2 Å². The number of aryl methyl sites for hydroxylation is 2. The van der Waals surface area contributed by atoms with E-state index in [1.54, 1.807) is 17.0 Å². The van der Waals surface area contributed by atoms with Crippen LogP contribution in [0.1, 0.15) is 33.5 Å². The summed E-state index contributed by atoms with van der Waals surface area (Å²) in [5.74, 6) is -0.164. The number of carbonyl (C=O) groups excluding carboxylic acids is 2. The Morgan fingerprint density at radius 2 is 1.61 bits per heavy atom. The fraction of sp³-hybridized carbons (Fsp3) is 0.231. The molecular weight excluding hydrogens is 386 g/mol. The molecule has 0 radical (unpaired) electrons. The Morgan fingerprint density at radius 1 is 0.903 bits per heavy atom. The minimum atomic E-state index is -0.164. The van der Waals surface area contributed by atoms with Crippen LogP contribution in [0.2, 0.25) is 0 Å². The average Bonchev–Trinajstić information content (AvgIpc) is 2.75. The second kappa shape index (κ2) is 9.04. The Balaban J connectivity index is 1.44. The maximum absolute atomic E-state index is 13.1. The lowest BCUT2D eigenvalue weighted by molar-refractivity contribution is 0.102. The molecule has 1 heterocycles. The van der Waals surface area contributed by atoms with E-state index in [-0.39, 0.29) is 11.9 Å². The molecule has 1 aliphatic rings. The molecule has 31 heavy (non-hydrogen) atoms. The molecule has 0 bridgehead atoms. The Morgan fingerprint density at radius 3 is 2.32 bits per heavy atom. The van der Waals surface area contributed by atoms with Gasteiger partial charge in [-0.2, -0.15) is 0 Å². The zero-order valence-corrected chi connectivity index (χ0v) is 18.0. The molecule has 1 saturated heterocycles. The van der Waals surface area contributed by atoms with Crippen molar-refractivity contribution in [2.75, 3.05) is 23.3 Å². The van der Waals surface area contributed by atoms with Crippen LogP contribution in [0.25, 0.3) is 0 Å². The first-order valence-electron chi connectivity index (χ1n) is 10.6. The SMILES string of the molecule is Cc1cccc(CN2CCCN(c3ccc(C(=O)Nc4cccc(C)c4)cc3)C2=O)c1. The van der Waals surface area contributed by atoms with Gasteiger partial charge in [0.2, 0.25) is 0 Å².